The number of carbonyl (C=O) groups excluding carboxylic acids is 1. The molecule has 0 saturated carbocycles. The molecule has 1 N–H and O–H groups in total. The van der Waals surface area contributed by atoms with Crippen LogP contribution in [0.25, 0.3) is 0 Å². The number of nitrogens with one attached hydrogen (secondary N) is 1. The quantitative estimate of drug-likeness (QED) is 0.895. The Labute approximate surface area is 124 Å². The van der Waals surface area contributed by atoms with Gasteiger partial charge in [0.1, 0.15) is 0 Å². The Morgan fingerprint density at radius 3 is 2.35 bits per heavy atom. The van der Waals surface area contributed by atoms with Crippen molar-refractivity contribution in [2.75, 3.05) is 0 Å². The van der Waals surface area contributed by atoms with E-state index in [-0.39, 0.29) is 5.91 Å². The van der Waals surface area contributed by atoms with E-state index in [1.807, 2.05) is 69.3 Å². The zero-order valence-corrected chi connectivity index (χ0v) is 12.7. The molecule has 0 atom stereocenters. The van der Waals surface area contributed by atoms with Crippen molar-refractivity contribution in [3.63, 3.8) is 0 Å². The van der Waals surface area contributed by atoms with E-state index in [0.29, 0.717) is 10.6 Å². The Hall–Kier alpha value is -1.80. The van der Waals surface area contributed by atoms with Crippen LogP contribution in [0.3, 0.4) is 0 Å². The second-order valence-electron chi connectivity index (χ2n) is 5.46. The summed E-state index contributed by atoms with van der Waals surface area (Å²) in [5.74, 6) is -0.0880. The topological polar surface area (TPSA) is 29.1 Å². The van der Waals surface area contributed by atoms with E-state index in [1.165, 1.54) is 0 Å². The van der Waals surface area contributed by atoms with Crippen LogP contribution in [0.2, 0.25) is 5.02 Å². The van der Waals surface area contributed by atoms with Gasteiger partial charge in [0.2, 0.25) is 0 Å². The van der Waals surface area contributed by atoms with Crippen LogP contribution in [-0.2, 0) is 5.54 Å². The number of benzene rings is 2. The largest absolute Gasteiger partial charge is 0.343 e. The molecule has 0 spiro atoms. The van der Waals surface area contributed by atoms with Crippen molar-refractivity contribution in [1.82, 2.24) is 5.32 Å². The van der Waals surface area contributed by atoms with Gasteiger partial charge in [-0.05, 0) is 50.6 Å². The molecule has 2 aromatic rings. The van der Waals surface area contributed by atoms with Crippen LogP contribution >= 0.6 is 11.6 Å². The molecular weight excluding hydrogens is 270 g/mol. The maximum absolute atomic E-state index is 12.3. The van der Waals surface area contributed by atoms with Crippen molar-refractivity contribution in [3.05, 3.63) is 70.2 Å². The van der Waals surface area contributed by atoms with Crippen molar-refractivity contribution in [2.45, 2.75) is 26.3 Å². The van der Waals surface area contributed by atoms with Gasteiger partial charge < -0.3 is 5.32 Å². The summed E-state index contributed by atoms with van der Waals surface area (Å²) in [7, 11) is 0. The first-order valence-corrected chi connectivity index (χ1v) is 6.91. The zero-order valence-electron chi connectivity index (χ0n) is 11.9. The Balaban J connectivity index is 2.19. The van der Waals surface area contributed by atoms with Gasteiger partial charge in [-0.3, -0.25) is 4.79 Å². The minimum absolute atomic E-state index is 0.0880. The lowest BCUT2D eigenvalue weighted by atomic mass is 9.94. The first kappa shape index (κ1) is 14.6. The molecule has 0 heterocycles. The standard InChI is InChI=1S/C17H18ClNO/c1-12-7-9-13(10-8-12)16(20)19-17(2,3)14-5-4-6-15(18)11-14/h4-11H,1-3H3,(H,19,20). The summed E-state index contributed by atoms with van der Waals surface area (Å²) in [5.41, 5.74) is 2.29. The second kappa shape index (κ2) is 5.68. The summed E-state index contributed by atoms with van der Waals surface area (Å²) in [6, 6.07) is 15.1. The average molecular weight is 288 g/mol. The van der Waals surface area contributed by atoms with Crippen LogP contribution in [0, 0.1) is 6.92 Å². The summed E-state index contributed by atoms with van der Waals surface area (Å²) < 4.78 is 0. The normalized spacial score (nSPS) is 11.2. The van der Waals surface area contributed by atoms with Crippen molar-refractivity contribution < 1.29 is 4.79 Å². The Morgan fingerprint density at radius 2 is 1.75 bits per heavy atom. The summed E-state index contributed by atoms with van der Waals surface area (Å²) in [4.78, 5) is 12.3. The van der Waals surface area contributed by atoms with E-state index >= 15 is 0 Å². The van der Waals surface area contributed by atoms with Crippen LogP contribution in [-0.4, -0.2) is 5.91 Å². The fourth-order valence-electron chi connectivity index (χ4n) is 2.01. The molecule has 0 aromatic heterocycles. The summed E-state index contributed by atoms with van der Waals surface area (Å²) in [5, 5.41) is 3.70. The Bertz CT molecular complexity index is 617. The number of hydrogen-bond donors (Lipinski definition) is 1. The number of rotatable bonds is 3. The molecule has 3 heteroatoms. The molecule has 20 heavy (non-hydrogen) atoms. The number of amides is 1. The highest BCUT2D eigenvalue weighted by molar-refractivity contribution is 6.30. The molecule has 2 aromatic carbocycles. The number of aryl methyl sites for hydroxylation is 1. The highest BCUT2D eigenvalue weighted by Crippen LogP contribution is 2.23. The third-order valence-electron chi connectivity index (χ3n) is 3.29. The van der Waals surface area contributed by atoms with E-state index in [1.54, 1.807) is 0 Å². The predicted octanol–water partition coefficient (Wildman–Crippen LogP) is 4.31. The number of hydrogen-bond acceptors (Lipinski definition) is 1. The van der Waals surface area contributed by atoms with Crippen molar-refractivity contribution in [1.29, 1.82) is 0 Å². The lowest BCUT2D eigenvalue weighted by Crippen LogP contribution is -2.40. The molecule has 0 fully saturated rings. The molecule has 0 saturated heterocycles. The molecule has 2 nitrogen and oxygen atoms in total. The Morgan fingerprint density at radius 1 is 1.10 bits per heavy atom. The van der Waals surface area contributed by atoms with Crippen LogP contribution in [0.15, 0.2) is 48.5 Å². The lowest BCUT2D eigenvalue weighted by molar-refractivity contribution is 0.0912. The van der Waals surface area contributed by atoms with Gasteiger partial charge in [-0.15, -0.1) is 0 Å². The van der Waals surface area contributed by atoms with Gasteiger partial charge in [0.05, 0.1) is 5.54 Å². The van der Waals surface area contributed by atoms with Crippen LogP contribution in [0.4, 0.5) is 0 Å². The molecule has 0 unspecified atom stereocenters. The minimum Gasteiger partial charge on any atom is -0.343 e. The van der Waals surface area contributed by atoms with Gasteiger partial charge in [0.15, 0.2) is 0 Å². The molecule has 1 amide bonds. The summed E-state index contributed by atoms with van der Waals surface area (Å²) in [6.07, 6.45) is 0. The molecule has 104 valence electrons. The number of halogens is 1. The van der Waals surface area contributed by atoms with Crippen molar-refractivity contribution in [3.8, 4) is 0 Å². The third kappa shape index (κ3) is 3.40. The van der Waals surface area contributed by atoms with Gasteiger partial charge in [0.25, 0.3) is 5.91 Å². The molecule has 0 aliphatic heterocycles. The molecule has 0 radical (unpaired) electrons. The number of carbonyl (C=O) groups is 1. The summed E-state index contributed by atoms with van der Waals surface area (Å²) >= 11 is 6.01. The van der Waals surface area contributed by atoms with Gasteiger partial charge in [-0.25, -0.2) is 0 Å². The van der Waals surface area contributed by atoms with Crippen LogP contribution in [0.1, 0.15) is 35.3 Å². The van der Waals surface area contributed by atoms with Gasteiger partial charge in [-0.2, -0.15) is 0 Å². The maximum Gasteiger partial charge on any atom is 0.251 e. The maximum atomic E-state index is 12.3. The van der Waals surface area contributed by atoms with Crippen LogP contribution < -0.4 is 5.32 Å². The SMILES string of the molecule is Cc1ccc(C(=O)NC(C)(C)c2cccc(Cl)c2)cc1. The van der Waals surface area contributed by atoms with Gasteiger partial charge >= 0.3 is 0 Å². The molecular formula is C17H18ClNO. The van der Waals surface area contributed by atoms with E-state index in [9.17, 15) is 4.79 Å². The fraction of sp³-hybridized carbons (Fsp3) is 0.235. The summed E-state index contributed by atoms with van der Waals surface area (Å²) in [6.45, 7) is 5.92. The van der Waals surface area contributed by atoms with Gasteiger partial charge in [-0.1, -0.05) is 41.4 Å². The smallest absolute Gasteiger partial charge is 0.251 e. The fourth-order valence-corrected chi connectivity index (χ4v) is 2.20. The first-order chi connectivity index (χ1) is 9.38. The van der Waals surface area contributed by atoms with Crippen LogP contribution in [0.5, 0.6) is 0 Å². The molecule has 2 rings (SSSR count). The van der Waals surface area contributed by atoms with Crippen molar-refractivity contribution in [2.24, 2.45) is 0 Å². The third-order valence-corrected chi connectivity index (χ3v) is 3.52. The highest BCUT2D eigenvalue weighted by atomic mass is 35.5. The zero-order chi connectivity index (χ0) is 14.8. The highest BCUT2D eigenvalue weighted by Gasteiger charge is 2.23. The molecule has 0 aliphatic rings. The second-order valence-corrected chi connectivity index (χ2v) is 5.89. The first-order valence-electron chi connectivity index (χ1n) is 6.54. The van der Waals surface area contributed by atoms with E-state index in [2.05, 4.69) is 5.32 Å². The van der Waals surface area contributed by atoms with Gasteiger partial charge in [0, 0.05) is 10.6 Å². The van der Waals surface area contributed by atoms with Crippen molar-refractivity contribution >= 4 is 17.5 Å². The lowest BCUT2D eigenvalue weighted by Gasteiger charge is -2.27. The van der Waals surface area contributed by atoms with E-state index in [4.69, 9.17) is 11.6 Å². The van der Waals surface area contributed by atoms with E-state index in [0.717, 1.165) is 11.1 Å². The Kier molecular flexibility index (Phi) is 4.15. The minimum atomic E-state index is -0.479. The molecule has 0 bridgehead atoms. The predicted molar refractivity (Wildman–Crippen MR) is 83.1 cm³/mol. The average Bonchev–Trinajstić information content (AvgIpc) is 2.39. The monoisotopic (exact) mass is 287 g/mol. The van der Waals surface area contributed by atoms with E-state index < -0.39 is 5.54 Å². The molecule has 0 aliphatic carbocycles.